The number of hydrogen-bond donors (Lipinski definition) is 2. The Balaban J connectivity index is 2.08. The normalized spacial score (nSPS) is 12.5. The molecule has 0 aliphatic rings. The summed E-state index contributed by atoms with van der Waals surface area (Å²) in [5.41, 5.74) is 0.823. The standard InChI is InChI=1S/C16H13Cl4N3O3/c17-13-4-2-1-3-11(13)9-21-15(16(18,19)20)22-14(24)10-5-7-12(8-6-10)23(25)26/h1-8,15,21H,9H2,(H,22,24). The van der Waals surface area contributed by atoms with E-state index in [0.717, 1.165) is 5.56 Å². The van der Waals surface area contributed by atoms with Gasteiger partial charge in [-0.3, -0.25) is 20.2 Å². The Labute approximate surface area is 169 Å². The molecule has 2 rings (SSSR count). The van der Waals surface area contributed by atoms with Crippen molar-refractivity contribution < 1.29 is 9.72 Å². The molecule has 0 aliphatic carbocycles. The van der Waals surface area contributed by atoms with E-state index < -0.39 is 20.8 Å². The molecule has 10 heteroatoms. The molecule has 0 spiro atoms. The molecule has 2 aromatic carbocycles. The van der Waals surface area contributed by atoms with Crippen molar-refractivity contribution in [2.24, 2.45) is 0 Å². The first kappa shape index (κ1) is 20.7. The summed E-state index contributed by atoms with van der Waals surface area (Å²) in [5.74, 6) is -0.553. The molecule has 138 valence electrons. The number of halogens is 4. The first-order chi connectivity index (χ1) is 12.2. The van der Waals surface area contributed by atoms with Gasteiger partial charge in [-0.1, -0.05) is 64.6 Å². The molecule has 26 heavy (non-hydrogen) atoms. The number of non-ortho nitro benzene ring substituents is 1. The lowest BCUT2D eigenvalue weighted by Crippen LogP contribution is -2.53. The van der Waals surface area contributed by atoms with Crippen LogP contribution in [0.1, 0.15) is 15.9 Å². The van der Waals surface area contributed by atoms with E-state index in [1.807, 2.05) is 6.07 Å². The van der Waals surface area contributed by atoms with Gasteiger partial charge in [0.25, 0.3) is 11.6 Å². The number of alkyl halides is 3. The zero-order chi connectivity index (χ0) is 19.3. The minimum atomic E-state index is -1.84. The lowest BCUT2D eigenvalue weighted by molar-refractivity contribution is -0.384. The van der Waals surface area contributed by atoms with Crippen LogP contribution in [0.3, 0.4) is 0 Å². The number of nitro groups is 1. The summed E-state index contributed by atoms with van der Waals surface area (Å²) in [6, 6.07) is 12.2. The van der Waals surface area contributed by atoms with E-state index in [9.17, 15) is 14.9 Å². The molecular weight excluding hydrogens is 424 g/mol. The highest BCUT2D eigenvalue weighted by Gasteiger charge is 2.34. The van der Waals surface area contributed by atoms with Gasteiger partial charge in [-0.05, 0) is 23.8 Å². The number of nitrogens with zero attached hydrogens (tertiary/aromatic N) is 1. The summed E-state index contributed by atoms with van der Waals surface area (Å²) >= 11 is 23.9. The van der Waals surface area contributed by atoms with Crippen LogP contribution in [0, 0.1) is 10.1 Å². The van der Waals surface area contributed by atoms with Crippen LogP contribution in [0.15, 0.2) is 48.5 Å². The number of nitro benzene ring substituents is 1. The third kappa shape index (κ3) is 5.72. The van der Waals surface area contributed by atoms with Gasteiger partial charge in [0.2, 0.25) is 3.79 Å². The minimum Gasteiger partial charge on any atom is -0.333 e. The zero-order valence-corrected chi connectivity index (χ0v) is 16.1. The largest absolute Gasteiger partial charge is 0.333 e. The van der Waals surface area contributed by atoms with Crippen LogP contribution in [0.4, 0.5) is 5.69 Å². The molecule has 1 amide bonds. The fourth-order valence-corrected chi connectivity index (χ4v) is 2.65. The molecule has 2 aromatic rings. The third-order valence-corrected chi connectivity index (χ3v) is 4.42. The molecule has 1 atom stereocenters. The second-order valence-electron chi connectivity index (χ2n) is 5.22. The Morgan fingerprint density at radius 2 is 1.73 bits per heavy atom. The molecule has 0 bridgehead atoms. The van der Waals surface area contributed by atoms with Crippen molar-refractivity contribution in [1.82, 2.24) is 10.6 Å². The fourth-order valence-electron chi connectivity index (χ4n) is 2.05. The van der Waals surface area contributed by atoms with E-state index in [1.165, 1.54) is 24.3 Å². The Morgan fingerprint density at radius 1 is 1.12 bits per heavy atom. The van der Waals surface area contributed by atoms with E-state index >= 15 is 0 Å². The van der Waals surface area contributed by atoms with Crippen molar-refractivity contribution >= 4 is 58.0 Å². The molecule has 1 unspecified atom stereocenters. The number of nitrogens with one attached hydrogen (secondary N) is 2. The predicted molar refractivity (Wildman–Crippen MR) is 103 cm³/mol. The number of benzene rings is 2. The van der Waals surface area contributed by atoms with Gasteiger partial charge in [-0.25, -0.2) is 0 Å². The summed E-state index contributed by atoms with van der Waals surface area (Å²) in [6.45, 7) is 0.249. The monoisotopic (exact) mass is 435 g/mol. The van der Waals surface area contributed by atoms with Crippen molar-refractivity contribution in [3.63, 3.8) is 0 Å². The quantitative estimate of drug-likeness (QED) is 0.303. The first-order valence-corrected chi connectivity index (χ1v) is 8.78. The van der Waals surface area contributed by atoms with Gasteiger partial charge in [0, 0.05) is 29.3 Å². The summed E-state index contributed by atoms with van der Waals surface area (Å²) in [5, 5.41) is 16.7. The van der Waals surface area contributed by atoms with Gasteiger partial charge in [0.15, 0.2) is 0 Å². The summed E-state index contributed by atoms with van der Waals surface area (Å²) < 4.78 is -1.84. The highest BCUT2D eigenvalue weighted by atomic mass is 35.6. The van der Waals surface area contributed by atoms with Gasteiger partial charge < -0.3 is 5.32 Å². The predicted octanol–water partition coefficient (Wildman–Crippen LogP) is 4.46. The molecule has 0 radical (unpaired) electrons. The average Bonchev–Trinajstić information content (AvgIpc) is 2.58. The molecule has 6 nitrogen and oxygen atoms in total. The summed E-state index contributed by atoms with van der Waals surface area (Å²) in [4.78, 5) is 22.5. The van der Waals surface area contributed by atoms with Gasteiger partial charge in [0.05, 0.1) is 4.92 Å². The highest BCUT2D eigenvalue weighted by Crippen LogP contribution is 2.30. The molecule has 0 heterocycles. The Bertz CT molecular complexity index is 794. The highest BCUT2D eigenvalue weighted by molar-refractivity contribution is 6.68. The Morgan fingerprint density at radius 3 is 2.27 bits per heavy atom. The van der Waals surface area contributed by atoms with Crippen LogP contribution in [0.25, 0.3) is 0 Å². The van der Waals surface area contributed by atoms with Gasteiger partial charge in [0.1, 0.15) is 6.17 Å². The molecule has 0 aliphatic heterocycles. The smallest absolute Gasteiger partial charge is 0.269 e. The Kier molecular flexibility index (Phi) is 7.08. The lowest BCUT2D eigenvalue weighted by Gasteiger charge is -2.27. The lowest BCUT2D eigenvalue weighted by atomic mass is 10.2. The fraction of sp³-hybridized carbons (Fsp3) is 0.188. The van der Waals surface area contributed by atoms with Crippen molar-refractivity contribution in [1.29, 1.82) is 0 Å². The maximum Gasteiger partial charge on any atom is 0.269 e. The van der Waals surface area contributed by atoms with Crippen LogP contribution < -0.4 is 10.6 Å². The number of carbonyl (C=O) groups is 1. The van der Waals surface area contributed by atoms with Crippen molar-refractivity contribution in [2.75, 3.05) is 0 Å². The van der Waals surface area contributed by atoms with E-state index in [-0.39, 0.29) is 17.8 Å². The number of rotatable bonds is 6. The van der Waals surface area contributed by atoms with Crippen molar-refractivity contribution in [3.05, 3.63) is 74.8 Å². The molecule has 0 fully saturated rings. The SMILES string of the molecule is O=C(NC(NCc1ccccc1Cl)C(Cl)(Cl)Cl)c1ccc([N+](=O)[O-])cc1. The average molecular weight is 437 g/mol. The van der Waals surface area contributed by atoms with E-state index in [0.29, 0.717) is 5.02 Å². The van der Waals surface area contributed by atoms with E-state index in [2.05, 4.69) is 10.6 Å². The number of amides is 1. The van der Waals surface area contributed by atoms with Crippen LogP contribution >= 0.6 is 46.4 Å². The number of carbonyl (C=O) groups excluding carboxylic acids is 1. The van der Waals surface area contributed by atoms with E-state index in [4.69, 9.17) is 46.4 Å². The molecule has 0 saturated heterocycles. The maximum atomic E-state index is 12.3. The molecule has 0 aromatic heterocycles. The van der Waals surface area contributed by atoms with Crippen molar-refractivity contribution in [2.45, 2.75) is 16.5 Å². The molecule has 0 saturated carbocycles. The topological polar surface area (TPSA) is 84.3 Å². The second-order valence-corrected chi connectivity index (χ2v) is 8.00. The second kappa shape index (κ2) is 8.88. The van der Waals surface area contributed by atoms with E-state index in [1.54, 1.807) is 18.2 Å². The van der Waals surface area contributed by atoms with Crippen LogP contribution in [0.5, 0.6) is 0 Å². The molecular formula is C16H13Cl4N3O3. The molecule has 2 N–H and O–H groups in total. The van der Waals surface area contributed by atoms with Crippen LogP contribution in [-0.4, -0.2) is 20.8 Å². The summed E-state index contributed by atoms with van der Waals surface area (Å²) in [7, 11) is 0. The van der Waals surface area contributed by atoms with Crippen LogP contribution in [0.2, 0.25) is 5.02 Å². The maximum absolute atomic E-state index is 12.3. The van der Waals surface area contributed by atoms with Gasteiger partial charge in [-0.2, -0.15) is 0 Å². The number of hydrogen-bond acceptors (Lipinski definition) is 4. The first-order valence-electron chi connectivity index (χ1n) is 7.27. The van der Waals surface area contributed by atoms with Crippen LogP contribution in [-0.2, 0) is 6.54 Å². The summed E-state index contributed by atoms with van der Waals surface area (Å²) in [6.07, 6.45) is -1.02. The minimum absolute atomic E-state index is 0.128. The van der Waals surface area contributed by atoms with Gasteiger partial charge in [-0.15, -0.1) is 0 Å². The Hall–Kier alpha value is -1.57. The van der Waals surface area contributed by atoms with Gasteiger partial charge >= 0.3 is 0 Å². The third-order valence-electron chi connectivity index (χ3n) is 3.40. The zero-order valence-electron chi connectivity index (χ0n) is 13.1. The van der Waals surface area contributed by atoms with Crippen molar-refractivity contribution in [3.8, 4) is 0 Å².